The van der Waals surface area contributed by atoms with Crippen LogP contribution < -0.4 is 20.7 Å². The van der Waals surface area contributed by atoms with Crippen molar-refractivity contribution in [3.05, 3.63) is 23.8 Å². The third-order valence-electron chi connectivity index (χ3n) is 3.32. The average molecular weight is 329 g/mol. The zero-order valence-corrected chi connectivity index (χ0v) is 14.3. The summed E-state index contributed by atoms with van der Waals surface area (Å²) in [5, 5.41) is 0.487. The molecule has 0 radical (unpaired) electrons. The quantitative estimate of drug-likeness (QED) is 0.593. The summed E-state index contributed by atoms with van der Waals surface area (Å²) in [4.78, 5) is 0. The fraction of sp³-hybridized carbons (Fsp3) is 0.600. The SMILES string of the molecule is CCOc1ccc(C(NN)C2CSCCS2)cc1OCC. The number of benzene rings is 1. The van der Waals surface area contributed by atoms with Gasteiger partial charge in [-0.15, -0.1) is 0 Å². The standard InChI is InChI=1S/C15H24N2O2S2/c1-3-18-12-6-5-11(9-13(12)19-4-2)15(17-16)14-10-20-7-8-21-14/h5-6,9,14-15,17H,3-4,7-8,10,16H2,1-2H3. The van der Waals surface area contributed by atoms with Crippen molar-refractivity contribution in [2.24, 2.45) is 5.84 Å². The van der Waals surface area contributed by atoms with Crippen molar-refractivity contribution in [2.45, 2.75) is 25.1 Å². The summed E-state index contributed by atoms with van der Waals surface area (Å²) in [6.07, 6.45) is 0. The Morgan fingerprint density at radius 2 is 2.00 bits per heavy atom. The highest BCUT2D eigenvalue weighted by Crippen LogP contribution is 2.36. The lowest BCUT2D eigenvalue weighted by atomic mass is 10.0. The van der Waals surface area contributed by atoms with Gasteiger partial charge in [0.2, 0.25) is 0 Å². The van der Waals surface area contributed by atoms with Crippen molar-refractivity contribution in [3.63, 3.8) is 0 Å². The second-order valence-electron chi connectivity index (χ2n) is 4.70. The summed E-state index contributed by atoms with van der Waals surface area (Å²) >= 11 is 3.98. The Morgan fingerprint density at radius 3 is 2.62 bits per heavy atom. The molecule has 1 saturated heterocycles. The number of ether oxygens (including phenoxy) is 2. The molecule has 21 heavy (non-hydrogen) atoms. The number of nitrogens with two attached hydrogens (primary N) is 1. The Bertz CT molecular complexity index is 440. The maximum absolute atomic E-state index is 5.81. The highest BCUT2D eigenvalue weighted by Gasteiger charge is 2.26. The number of hydrogen-bond donors (Lipinski definition) is 2. The summed E-state index contributed by atoms with van der Waals surface area (Å²) in [5.74, 6) is 10.9. The van der Waals surface area contributed by atoms with E-state index in [1.54, 1.807) is 0 Å². The first kappa shape index (κ1) is 16.8. The topological polar surface area (TPSA) is 56.5 Å². The Morgan fingerprint density at radius 1 is 1.24 bits per heavy atom. The highest BCUT2D eigenvalue weighted by molar-refractivity contribution is 8.06. The fourth-order valence-electron chi connectivity index (χ4n) is 2.38. The minimum Gasteiger partial charge on any atom is -0.490 e. The third-order valence-corrected chi connectivity index (χ3v) is 6.18. The van der Waals surface area contributed by atoms with Gasteiger partial charge in [0.1, 0.15) is 0 Å². The number of hydrazine groups is 1. The van der Waals surface area contributed by atoms with Gasteiger partial charge in [-0.2, -0.15) is 23.5 Å². The number of thioether (sulfide) groups is 2. The second-order valence-corrected chi connectivity index (χ2v) is 7.20. The van der Waals surface area contributed by atoms with Crippen molar-refractivity contribution in [2.75, 3.05) is 30.5 Å². The number of nitrogens with one attached hydrogen (secondary N) is 1. The van der Waals surface area contributed by atoms with E-state index in [4.69, 9.17) is 15.3 Å². The molecule has 1 heterocycles. The second kappa shape index (κ2) is 8.78. The molecule has 3 N–H and O–H groups in total. The van der Waals surface area contributed by atoms with Gasteiger partial charge in [0.05, 0.1) is 19.3 Å². The molecule has 1 fully saturated rings. The molecule has 118 valence electrons. The Kier molecular flexibility index (Phi) is 7.03. The molecule has 6 heteroatoms. The van der Waals surface area contributed by atoms with Crippen LogP contribution in [0, 0.1) is 0 Å². The molecule has 1 aliphatic rings. The van der Waals surface area contributed by atoms with E-state index in [0.717, 1.165) is 22.8 Å². The molecule has 1 aromatic rings. The smallest absolute Gasteiger partial charge is 0.161 e. The molecule has 1 aromatic carbocycles. The highest BCUT2D eigenvalue weighted by atomic mass is 32.2. The summed E-state index contributed by atoms with van der Waals surface area (Å²) in [6, 6.07) is 6.25. The minimum atomic E-state index is 0.137. The van der Waals surface area contributed by atoms with Gasteiger partial charge < -0.3 is 9.47 Å². The van der Waals surface area contributed by atoms with E-state index in [1.165, 1.54) is 11.5 Å². The van der Waals surface area contributed by atoms with Crippen molar-refractivity contribution in [1.29, 1.82) is 0 Å². The van der Waals surface area contributed by atoms with Gasteiger partial charge >= 0.3 is 0 Å². The van der Waals surface area contributed by atoms with Gasteiger partial charge in [-0.3, -0.25) is 11.3 Å². The summed E-state index contributed by atoms with van der Waals surface area (Å²) in [7, 11) is 0. The fourth-order valence-corrected chi connectivity index (χ4v) is 5.23. The van der Waals surface area contributed by atoms with Crippen LogP contribution >= 0.6 is 23.5 Å². The van der Waals surface area contributed by atoms with E-state index in [9.17, 15) is 0 Å². The van der Waals surface area contributed by atoms with E-state index in [-0.39, 0.29) is 6.04 Å². The predicted octanol–water partition coefficient (Wildman–Crippen LogP) is 2.84. The zero-order chi connectivity index (χ0) is 15.1. The molecule has 0 aliphatic carbocycles. The van der Waals surface area contributed by atoms with Crippen LogP contribution in [0.2, 0.25) is 0 Å². The van der Waals surface area contributed by atoms with Crippen molar-refractivity contribution < 1.29 is 9.47 Å². The van der Waals surface area contributed by atoms with E-state index in [1.807, 2.05) is 43.4 Å². The maximum Gasteiger partial charge on any atom is 0.161 e. The molecule has 0 saturated carbocycles. The molecule has 2 unspecified atom stereocenters. The molecule has 2 atom stereocenters. The van der Waals surface area contributed by atoms with Crippen LogP contribution in [0.4, 0.5) is 0 Å². The molecule has 0 amide bonds. The van der Waals surface area contributed by atoms with Crippen LogP contribution in [-0.2, 0) is 0 Å². The van der Waals surface area contributed by atoms with Crippen LogP contribution in [0.3, 0.4) is 0 Å². The van der Waals surface area contributed by atoms with Crippen molar-refractivity contribution in [3.8, 4) is 11.5 Å². The minimum absolute atomic E-state index is 0.137. The van der Waals surface area contributed by atoms with Gasteiger partial charge in [0.15, 0.2) is 11.5 Å². The van der Waals surface area contributed by atoms with Gasteiger partial charge in [-0.25, -0.2) is 0 Å². The lowest BCUT2D eigenvalue weighted by Crippen LogP contribution is -2.37. The third kappa shape index (κ3) is 4.45. The summed E-state index contributed by atoms with van der Waals surface area (Å²) < 4.78 is 11.3. The van der Waals surface area contributed by atoms with Gasteiger partial charge in [0, 0.05) is 22.5 Å². The lowest BCUT2D eigenvalue weighted by Gasteiger charge is -2.29. The van der Waals surface area contributed by atoms with Crippen LogP contribution in [-0.4, -0.2) is 35.7 Å². The first-order valence-electron chi connectivity index (χ1n) is 7.35. The van der Waals surface area contributed by atoms with Crippen molar-refractivity contribution >= 4 is 23.5 Å². The zero-order valence-electron chi connectivity index (χ0n) is 12.6. The van der Waals surface area contributed by atoms with E-state index in [2.05, 4.69) is 17.6 Å². The summed E-state index contributed by atoms with van der Waals surface area (Å²) in [6.45, 7) is 5.21. The molecule has 0 spiro atoms. The lowest BCUT2D eigenvalue weighted by molar-refractivity contribution is 0.287. The van der Waals surface area contributed by atoms with Crippen molar-refractivity contribution in [1.82, 2.24) is 5.43 Å². The van der Waals surface area contributed by atoms with Gasteiger partial charge in [-0.05, 0) is 31.5 Å². The van der Waals surface area contributed by atoms with Gasteiger partial charge in [-0.1, -0.05) is 6.07 Å². The van der Waals surface area contributed by atoms with Crippen LogP contribution in [0.25, 0.3) is 0 Å². The van der Waals surface area contributed by atoms with Gasteiger partial charge in [0.25, 0.3) is 0 Å². The monoisotopic (exact) mass is 328 g/mol. The first-order chi connectivity index (χ1) is 10.3. The normalized spacial score (nSPS) is 20.0. The predicted molar refractivity (Wildman–Crippen MR) is 92.4 cm³/mol. The molecule has 0 bridgehead atoms. The number of hydrogen-bond acceptors (Lipinski definition) is 6. The Hall–Kier alpha value is -0.560. The Labute approximate surface area is 135 Å². The Balaban J connectivity index is 2.21. The molecule has 0 aromatic heterocycles. The average Bonchev–Trinajstić information content (AvgIpc) is 2.52. The molecular weight excluding hydrogens is 304 g/mol. The summed E-state index contributed by atoms with van der Waals surface area (Å²) in [5.41, 5.74) is 4.14. The molecule has 4 nitrogen and oxygen atoms in total. The first-order valence-corrected chi connectivity index (χ1v) is 9.55. The van der Waals surface area contributed by atoms with Crippen LogP contribution in [0.15, 0.2) is 18.2 Å². The molecule has 1 aliphatic heterocycles. The van der Waals surface area contributed by atoms with Crippen LogP contribution in [0.1, 0.15) is 25.5 Å². The van der Waals surface area contributed by atoms with E-state index < -0.39 is 0 Å². The van der Waals surface area contributed by atoms with E-state index >= 15 is 0 Å². The molecular formula is C15H24N2O2S2. The van der Waals surface area contributed by atoms with E-state index in [0.29, 0.717) is 18.5 Å². The number of rotatable bonds is 7. The largest absolute Gasteiger partial charge is 0.490 e. The molecule has 2 rings (SSSR count). The van der Waals surface area contributed by atoms with Crippen LogP contribution in [0.5, 0.6) is 11.5 Å². The maximum atomic E-state index is 5.81.